The number of anilines is 1. The van der Waals surface area contributed by atoms with Gasteiger partial charge in [-0.25, -0.2) is 0 Å². The van der Waals surface area contributed by atoms with Crippen molar-refractivity contribution in [2.45, 2.75) is 39.2 Å². The molecule has 2 heterocycles. The summed E-state index contributed by atoms with van der Waals surface area (Å²) in [4.78, 5) is 17.1. The van der Waals surface area contributed by atoms with Gasteiger partial charge in [0.25, 0.3) is 0 Å². The number of aryl methyl sites for hydroxylation is 2. The lowest BCUT2D eigenvalue weighted by atomic mass is 10.0. The highest BCUT2D eigenvalue weighted by molar-refractivity contribution is 5.99. The van der Waals surface area contributed by atoms with Crippen molar-refractivity contribution in [1.82, 2.24) is 4.98 Å². The van der Waals surface area contributed by atoms with E-state index in [0.717, 1.165) is 42.7 Å². The molecule has 3 rings (SSSR count). The Morgan fingerprint density at radius 1 is 1.41 bits per heavy atom. The number of benzene rings is 1. The second-order valence-corrected chi connectivity index (χ2v) is 6.36. The van der Waals surface area contributed by atoms with Crippen molar-refractivity contribution in [2.75, 3.05) is 18.0 Å². The molecule has 1 aliphatic rings. The van der Waals surface area contributed by atoms with Crippen molar-refractivity contribution in [2.24, 2.45) is 11.5 Å². The third kappa shape index (κ3) is 2.57. The van der Waals surface area contributed by atoms with Crippen LogP contribution >= 0.6 is 0 Å². The molecule has 1 amide bonds. The van der Waals surface area contributed by atoms with Crippen LogP contribution in [0.3, 0.4) is 0 Å². The quantitative estimate of drug-likeness (QED) is 0.806. The number of amides is 1. The average Bonchev–Trinajstić information content (AvgIpc) is 2.76. The number of aromatic amines is 1. The van der Waals surface area contributed by atoms with Crippen LogP contribution in [-0.2, 0) is 11.2 Å². The van der Waals surface area contributed by atoms with Gasteiger partial charge in [0.1, 0.15) is 0 Å². The maximum Gasteiger partial charge on any atom is 0.221 e. The average molecular weight is 300 g/mol. The maximum atomic E-state index is 11.3. The van der Waals surface area contributed by atoms with E-state index in [9.17, 15) is 4.79 Å². The number of carbonyl (C=O) groups excluding carboxylic acids is 1. The predicted molar refractivity (Wildman–Crippen MR) is 90.1 cm³/mol. The van der Waals surface area contributed by atoms with Crippen molar-refractivity contribution in [3.8, 4) is 0 Å². The molecular weight excluding hydrogens is 276 g/mol. The fraction of sp³-hybridized carbons (Fsp3) is 0.471. The van der Waals surface area contributed by atoms with Crippen molar-refractivity contribution in [1.29, 1.82) is 0 Å². The molecule has 2 aromatic rings. The number of primary amides is 1. The van der Waals surface area contributed by atoms with Gasteiger partial charge in [0.05, 0.1) is 11.9 Å². The molecule has 0 saturated carbocycles. The lowest BCUT2D eigenvalue weighted by Gasteiger charge is -2.33. The number of nitrogens with one attached hydrogen (secondary N) is 1. The van der Waals surface area contributed by atoms with Crippen LogP contribution in [0.1, 0.15) is 29.7 Å². The van der Waals surface area contributed by atoms with E-state index in [1.807, 2.05) is 6.07 Å². The van der Waals surface area contributed by atoms with E-state index in [0.29, 0.717) is 0 Å². The van der Waals surface area contributed by atoms with Gasteiger partial charge < -0.3 is 21.4 Å². The Balaban J connectivity index is 2.13. The summed E-state index contributed by atoms with van der Waals surface area (Å²) in [6.45, 7) is 6.10. The number of nitrogens with two attached hydrogens (primary N) is 2. The van der Waals surface area contributed by atoms with E-state index in [-0.39, 0.29) is 18.4 Å². The molecule has 1 atom stereocenters. The van der Waals surface area contributed by atoms with E-state index in [2.05, 4.69) is 29.8 Å². The van der Waals surface area contributed by atoms with Crippen LogP contribution in [0, 0.1) is 13.8 Å². The molecule has 1 aliphatic heterocycles. The van der Waals surface area contributed by atoms with E-state index in [1.165, 1.54) is 16.6 Å². The minimum absolute atomic E-state index is 0.231. The van der Waals surface area contributed by atoms with E-state index in [4.69, 9.17) is 11.5 Å². The first-order chi connectivity index (χ1) is 10.5. The normalized spacial score (nSPS) is 18.9. The Morgan fingerprint density at radius 3 is 2.86 bits per heavy atom. The van der Waals surface area contributed by atoms with Crippen molar-refractivity contribution >= 4 is 22.5 Å². The highest BCUT2D eigenvalue weighted by atomic mass is 16.1. The van der Waals surface area contributed by atoms with Gasteiger partial charge in [-0.05, 0) is 43.9 Å². The molecule has 0 spiro atoms. The molecule has 0 bridgehead atoms. The number of H-pyrrole nitrogens is 1. The lowest BCUT2D eigenvalue weighted by molar-refractivity contribution is -0.117. The van der Waals surface area contributed by atoms with Gasteiger partial charge in [0, 0.05) is 35.9 Å². The molecule has 5 nitrogen and oxygen atoms in total. The number of nitrogens with zero attached hydrogens (tertiary/aromatic N) is 1. The Bertz CT molecular complexity index is 719. The molecule has 5 heteroatoms. The largest absolute Gasteiger partial charge is 0.369 e. The van der Waals surface area contributed by atoms with Crippen molar-refractivity contribution < 1.29 is 4.79 Å². The monoisotopic (exact) mass is 300 g/mol. The molecule has 1 saturated heterocycles. The highest BCUT2D eigenvalue weighted by Crippen LogP contribution is 2.35. The number of hydrogen-bond donors (Lipinski definition) is 3. The zero-order chi connectivity index (χ0) is 15.9. The smallest absolute Gasteiger partial charge is 0.221 e. The first-order valence-corrected chi connectivity index (χ1v) is 7.87. The Labute approximate surface area is 130 Å². The number of aromatic nitrogens is 1. The maximum absolute atomic E-state index is 11.3. The van der Waals surface area contributed by atoms with Gasteiger partial charge in [-0.15, -0.1) is 0 Å². The number of rotatable bonds is 3. The molecular formula is C17H24N4O. The zero-order valence-electron chi connectivity index (χ0n) is 13.3. The fourth-order valence-corrected chi connectivity index (χ4v) is 3.45. The summed E-state index contributed by atoms with van der Waals surface area (Å²) >= 11 is 0. The lowest BCUT2D eigenvalue weighted by Crippen LogP contribution is -2.42. The molecule has 118 valence electrons. The van der Waals surface area contributed by atoms with Crippen LogP contribution in [0.25, 0.3) is 10.9 Å². The van der Waals surface area contributed by atoms with Gasteiger partial charge in [-0.1, -0.05) is 6.07 Å². The van der Waals surface area contributed by atoms with Crippen LogP contribution in [0.15, 0.2) is 12.1 Å². The molecule has 5 N–H and O–H groups in total. The van der Waals surface area contributed by atoms with Crippen molar-refractivity contribution in [3.05, 3.63) is 29.0 Å². The van der Waals surface area contributed by atoms with E-state index < -0.39 is 0 Å². The van der Waals surface area contributed by atoms with Crippen molar-refractivity contribution in [3.63, 3.8) is 0 Å². The third-order valence-electron chi connectivity index (χ3n) is 4.68. The Hall–Kier alpha value is -2.01. The number of piperidine rings is 1. The highest BCUT2D eigenvalue weighted by Gasteiger charge is 2.21. The van der Waals surface area contributed by atoms with Gasteiger partial charge in [0.2, 0.25) is 5.91 Å². The summed E-state index contributed by atoms with van der Waals surface area (Å²) in [5, 5.41) is 1.20. The van der Waals surface area contributed by atoms with Crippen LogP contribution in [-0.4, -0.2) is 30.0 Å². The van der Waals surface area contributed by atoms with E-state index in [1.54, 1.807) is 0 Å². The van der Waals surface area contributed by atoms with Crippen LogP contribution < -0.4 is 16.4 Å². The summed E-state index contributed by atoms with van der Waals surface area (Å²) in [6, 6.07) is 4.35. The van der Waals surface area contributed by atoms with E-state index >= 15 is 0 Å². The number of carbonyl (C=O) groups is 1. The number of hydrogen-bond acceptors (Lipinski definition) is 3. The standard InChI is InChI=1S/C17H24N4O/c1-10-11(2)20-17-12(8-15(19)22)5-6-14(16(10)17)21-7-3-4-13(18)9-21/h5-6,13,20H,3-4,7-9,18H2,1-2H3,(H2,19,22)/t13-/m1/s1. The molecule has 1 fully saturated rings. The first kappa shape index (κ1) is 14.9. The summed E-state index contributed by atoms with van der Waals surface area (Å²) in [5.41, 5.74) is 17.1. The topological polar surface area (TPSA) is 88.1 Å². The SMILES string of the molecule is Cc1[nH]c2c(CC(N)=O)ccc(N3CCC[C@@H](N)C3)c2c1C. The minimum atomic E-state index is -0.307. The molecule has 1 aromatic heterocycles. The Morgan fingerprint density at radius 2 is 2.18 bits per heavy atom. The fourth-order valence-electron chi connectivity index (χ4n) is 3.45. The van der Waals surface area contributed by atoms with Crippen LogP contribution in [0.2, 0.25) is 0 Å². The Kier molecular flexibility index (Phi) is 3.83. The predicted octanol–water partition coefficient (Wildman–Crippen LogP) is 1.74. The summed E-state index contributed by atoms with van der Waals surface area (Å²) < 4.78 is 0. The first-order valence-electron chi connectivity index (χ1n) is 7.87. The third-order valence-corrected chi connectivity index (χ3v) is 4.68. The molecule has 0 unspecified atom stereocenters. The second kappa shape index (κ2) is 5.65. The van der Waals surface area contributed by atoms with Crippen LogP contribution in [0.5, 0.6) is 0 Å². The van der Waals surface area contributed by atoms with Gasteiger partial charge in [-0.2, -0.15) is 0 Å². The summed E-state index contributed by atoms with van der Waals surface area (Å²) in [6.07, 6.45) is 2.47. The van der Waals surface area contributed by atoms with Gasteiger partial charge in [0.15, 0.2) is 0 Å². The van der Waals surface area contributed by atoms with Crippen LogP contribution in [0.4, 0.5) is 5.69 Å². The minimum Gasteiger partial charge on any atom is -0.369 e. The molecule has 0 radical (unpaired) electrons. The zero-order valence-corrected chi connectivity index (χ0v) is 13.3. The number of fused-ring (bicyclic) bond motifs is 1. The summed E-state index contributed by atoms with van der Waals surface area (Å²) in [7, 11) is 0. The molecule has 0 aliphatic carbocycles. The summed E-state index contributed by atoms with van der Waals surface area (Å²) in [5.74, 6) is -0.307. The second-order valence-electron chi connectivity index (χ2n) is 6.36. The van der Waals surface area contributed by atoms with Gasteiger partial charge >= 0.3 is 0 Å². The molecule has 1 aromatic carbocycles. The molecule has 22 heavy (non-hydrogen) atoms. The van der Waals surface area contributed by atoms with Gasteiger partial charge in [-0.3, -0.25) is 4.79 Å².